The summed E-state index contributed by atoms with van der Waals surface area (Å²) in [5, 5.41) is 2.89. The normalized spacial score (nSPS) is 13.8. The van der Waals surface area contributed by atoms with Crippen molar-refractivity contribution >= 4 is 6.01 Å². The van der Waals surface area contributed by atoms with Crippen LogP contribution < -0.4 is 5.32 Å². The maximum atomic E-state index is 5.56. The lowest BCUT2D eigenvalue weighted by atomic mass is 10.1. The molecule has 2 aromatic rings. The predicted octanol–water partition coefficient (Wildman–Crippen LogP) is 2.87. The van der Waals surface area contributed by atoms with E-state index in [4.69, 9.17) is 4.42 Å². The third kappa shape index (κ3) is 1.48. The first kappa shape index (κ1) is 9.46. The van der Waals surface area contributed by atoms with Gasteiger partial charge in [0.2, 0.25) is 0 Å². The van der Waals surface area contributed by atoms with Crippen LogP contribution in [0.5, 0.6) is 0 Å². The molecule has 0 bridgehead atoms. The zero-order valence-electron chi connectivity index (χ0n) is 9.29. The Bertz CT molecular complexity index is 516. The van der Waals surface area contributed by atoms with Crippen LogP contribution >= 0.6 is 0 Å². The van der Waals surface area contributed by atoms with E-state index < -0.39 is 0 Å². The SMILES string of the molecule is CNc1ncc(-c2ccc3c(c2)CCC3)o1. The van der Waals surface area contributed by atoms with Gasteiger partial charge in [0.25, 0.3) is 6.01 Å². The second-order valence-corrected chi connectivity index (χ2v) is 4.12. The number of benzene rings is 1. The molecule has 3 heteroatoms. The molecule has 3 rings (SSSR count). The van der Waals surface area contributed by atoms with E-state index in [1.165, 1.54) is 30.4 Å². The highest BCUT2D eigenvalue weighted by Crippen LogP contribution is 2.28. The van der Waals surface area contributed by atoms with Gasteiger partial charge >= 0.3 is 0 Å². The third-order valence-corrected chi connectivity index (χ3v) is 3.10. The van der Waals surface area contributed by atoms with Crippen LogP contribution in [0.3, 0.4) is 0 Å². The highest BCUT2D eigenvalue weighted by Gasteiger charge is 2.13. The number of nitrogens with zero attached hydrogens (tertiary/aromatic N) is 1. The molecular formula is C13H14N2O. The minimum absolute atomic E-state index is 0.565. The third-order valence-electron chi connectivity index (χ3n) is 3.10. The smallest absolute Gasteiger partial charge is 0.294 e. The van der Waals surface area contributed by atoms with Crippen molar-refractivity contribution in [2.75, 3.05) is 12.4 Å². The fraction of sp³-hybridized carbons (Fsp3) is 0.308. The topological polar surface area (TPSA) is 38.1 Å². The van der Waals surface area contributed by atoms with E-state index in [-0.39, 0.29) is 0 Å². The van der Waals surface area contributed by atoms with Gasteiger partial charge in [-0.2, -0.15) is 0 Å². The number of oxazole rings is 1. The van der Waals surface area contributed by atoms with Crippen molar-refractivity contribution in [3.05, 3.63) is 35.5 Å². The van der Waals surface area contributed by atoms with Crippen molar-refractivity contribution in [1.82, 2.24) is 4.98 Å². The predicted molar refractivity (Wildman–Crippen MR) is 63.5 cm³/mol. The van der Waals surface area contributed by atoms with Gasteiger partial charge in [0, 0.05) is 12.6 Å². The van der Waals surface area contributed by atoms with Crippen LogP contribution in [0.25, 0.3) is 11.3 Å². The van der Waals surface area contributed by atoms with Gasteiger partial charge in [0.1, 0.15) is 0 Å². The molecule has 0 radical (unpaired) electrons. The molecule has 1 heterocycles. The molecular weight excluding hydrogens is 200 g/mol. The highest BCUT2D eigenvalue weighted by atomic mass is 16.4. The fourth-order valence-electron chi connectivity index (χ4n) is 2.25. The lowest BCUT2D eigenvalue weighted by Gasteiger charge is -2.01. The van der Waals surface area contributed by atoms with Crippen molar-refractivity contribution in [2.45, 2.75) is 19.3 Å². The van der Waals surface area contributed by atoms with Gasteiger partial charge < -0.3 is 9.73 Å². The van der Waals surface area contributed by atoms with Crippen LogP contribution in [-0.4, -0.2) is 12.0 Å². The minimum Gasteiger partial charge on any atom is -0.424 e. The average molecular weight is 214 g/mol. The first-order valence-corrected chi connectivity index (χ1v) is 5.62. The molecule has 0 atom stereocenters. The fourth-order valence-corrected chi connectivity index (χ4v) is 2.25. The van der Waals surface area contributed by atoms with E-state index >= 15 is 0 Å². The maximum absolute atomic E-state index is 5.56. The summed E-state index contributed by atoms with van der Waals surface area (Å²) in [5.41, 5.74) is 4.06. The van der Waals surface area contributed by atoms with Gasteiger partial charge in [-0.05, 0) is 36.5 Å². The Morgan fingerprint density at radius 1 is 1.25 bits per heavy atom. The Morgan fingerprint density at radius 3 is 2.94 bits per heavy atom. The highest BCUT2D eigenvalue weighted by molar-refractivity contribution is 5.60. The first-order valence-electron chi connectivity index (χ1n) is 5.62. The Kier molecular flexibility index (Phi) is 2.17. The molecule has 0 saturated heterocycles. The number of rotatable bonds is 2. The van der Waals surface area contributed by atoms with Crippen molar-refractivity contribution in [1.29, 1.82) is 0 Å². The lowest BCUT2D eigenvalue weighted by molar-refractivity contribution is 0.589. The quantitative estimate of drug-likeness (QED) is 0.835. The van der Waals surface area contributed by atoms with Gasteiger partial charge in [-0.1, -0.05) is 12.1 Å². The lowest BCUT2D eigenvalue weighted by Crippen LogP contribution is -1.85. The van der Waals surface area contributed by atoms with Crippen LogP contribution in [0.15, 0.2) is 28.8 Å². The van der Waals surface area contributed by atoms with E-state index in [0.29, 0.717) is 6.01 Å². The average Bonchev–Trinajstić information content (AvgIpc) is 2.96. The first-order chi connectivity index (χ1) is 7.86. The number of anilines is 1. The van der Waals surface area contributed by atoms with Crippen LogP contribution in [0, 0.1) is 0 Å². The second-order valence-electron chi connectivity index (χ2n) is 4.12. The summed E-state index contributed by atoms with van der Waals surface area (Å²) in [6, 6.07) is 7.11. The molecule has 0 amide bonds. The molecule has 1 N–H and O–H groups in total. The zero-order chi connectivity index (χ0) is 11.0. The van der Waals surface area contributed by atoms with Gasteiger partial charge in [-0.15, -0.1) is 0 Å². The van der Waals surface area contributed by atoms with Gasteiger partial charge in [0.05, 0.1) is 6.20 Å². The molecule has 1 aliphatic carbocycles. The van der Waals surface area contributed by atoms with Gasteiger partial charge in [0.15, 0.2) is 5.76 Å². The molecule has 1 aliphatic rings. The Morgan fingerprint density at radius 2 is 2.12 bits per heavy atom. The number of aryl methyl sites for hydroxylation is 2. The second kappa shape index (κ2) is 3.67. The van der Waals surface area contributed by atoms with Crippen LogP contribution in [0.4, 0.5) is 6.01 Å². The van der Waals surface area contributed by atoms with Crippen molar-refractivity contribution in [3.8, 4) is 11.3 Å². The van der Waals surface area contributed by atoms with E-state index in [2.05, 4.69) is 28.5 Å². The summed E-state index contributed by atoms with van der Waals surface area (Å²) < 4.78 is 5.56. The molecule has 3 nitrogen and oxygen atoms in total. The van der Waals surface area contributed by atoms with Crippen molar-refractivity contribution in [2.24, 2.45) is 0 Å². The molecule has 16 heavy (non-hydrogen) atoms. The van der Waals surface area contributed by atoms with Crippen LogP contribution in [0.2, 0.25) is 0 Å². The molecule has 1 aromatic heterocycles. The summed E-state index contributed by atoms with van der Waals surface area (Å²) in [6.07, 6.45) is 5.45. The molecule has 82 valence electrons. The molecule has 1 aromatic carbocycles. The number of hydrogen-bond acceptors (Lipinski definition) is 3. The Hall–Kier alpha value is -1.77. The standard InChI is InChI=1S/C13H14N2O/c1-14-13-15-8-12(16-13)11-6-5-9-3-2-4-10(9)7-11/h5-8H,2-4H2,1H3,(H,14,15). The minimum atomic E-state index is 0.565. The van der Waals surface area contributed by atoms with Gasteiger partial charge in [-0.3, -0.25) is 0 Å². The summed E-state index contributed by atoms with van der Waals surface area (Å²) in [5.74, 6) is 0.832. The van der Waals surface area contributed by atoms with Gasteiger partial charge in [-0.25, -0.2) is 4.98 Å². The van der Waals surface area contributed by atoms with Crippen LogP contribution in [-0.2, 0) is 12.8 Å². The summed E-state index contributed by atoms with van der Waals surface area (Å²) in [7, 11) is 1.80. The number of fused-ring (bicyclic) bond motifs is 1. The monoisotopic (exact) mass is 214 g/mol. The van der Waals surface area contributed by atoms with Crippen LogP contribution in [0.1, 0.15) is 17.5 Å². The number of hydrogen-bond donors (Lipinski definition) is 1. The molecule has 0 aliphatic heterocycles. The maximum Gasteiger partial charge on any atom is 0.294 e. The van der Waals surface area contributed by atoms with E-state index in [0.717, 1.165) is 11.3 Å². The van der Waals surface area contributed by atoms with Crippen molar-refractivity contribution in [3.63, 3.8) is 0 Å². The van der Waals surface area contributed by atoms with E-state index in [9.17, 15) is 0 Å². The Balaban J connectivity index is 2.00. The van der Waals surface area contributed by atoms with E-state index in [1.807, 2.05) is 0 Å². The molecule has 0 unspecified atom stereocenters. The number of nitrogens with one attached hydrogen (secondary N) is 1. The van der Waals surface area contributed by atoms with E-state index in [1.54, 1.807) is 13.2 Å². The summed E-state index contributed by atoms with van der Waals surface area (Å²) in [6.45, 7) is 0. The molecule has 0 saturated carbocycles. The van der Waals surface area contributed by atoms with Crippen molar-refractivity contribution < 1.29 is 4.42 Å². The largest absolute Gasteiger partial charge is 0.424 e. The Labute approximate surface area is 94.5 Å². The zero-order valence-corrected chi connectivity index (χ0v) is 9.29. The molecule has 0 spiro atoms. The summed E-state index contributed by atoms with van der Waals surface area (Å²) >= 11 is 0. The number of aromatic nitrogens is 1. The molecule has 0 fully saturated rings. The summed E-state index contributed by atoms with van der Waals surface area (Å²) in [4.78, 5) is 4.13.